The molecule has 0 unspecified atom stereocenters. The van der Waals surface area contributed by atoms with Gasteiger partial charge in [-0.1, -0.05) is 39.8 Å². The molecule has 0 fully saturated rings. The van der Waals surface area contributed by atoms with Crippen molar-refractivity contribution >= 4 is 17.3 Å². The molecule has 7 heteroatoms. The molecule has 3 aromatic rings. The molecule has 1 aliphatic carbocycles. The maximum atomic E-state index is 14.4. The van der Waals surface area contributed by atoms with Gasteiger partial charge in [-0.3, -0.25) is 10.9 Å². The molecule has 0 heterocycles. The lowest BCUT2D eigenvalue weighted by Crippen LogP contribution is -2.36. The molecule has 0 spiro atoms. The second kappa shape index (κ2) is 9.45. The van der Waals surface area contributed by atoms with Crippen molar-refractivity contribution in [3.05, 3.63) is 76.9 Å². The summed E-state index contributed by atoms with van der Waals surface area (Å²) < 4.78 is 34.5. The second-order valence-electron chi connectivity index (χ2n) is 10.5. The van der Waals surface area contributed by atoms with Gasteiger partial charge in [0.05, 0.1) is 23.5 Å². The Kier molecular flexibility index (Phi) is 6.69. The molecule has 0 saturated heterocycles. The van der Waals surface area contributed by atoms with Gasteiger partial charge in [0.2, 0.25) is 0 Å². The van der Waals surface area contributed by atoms with Crippen molar-refractivity contribution in [2.75, 3.05) is 17.5 Å². The summed E-state index contributed by atoms with van der Waals surface area (Å²) in [7, 11) is 0. The molecule has 1 aliphatic rings. The van der Waals surface area contributed by atoms with Crippen LogP contribution in [0.5, 0.6) is 5.75 Å². The molecule has 0 radical (unpaired) electrons. The number of fused-ring (bicyclic) bond motifs is 1. The van der Waals surface area contributed by atoms with Crippen molar-refractivity contribution in [3.8, 4) is 16.9 Å². The van der Waals surface area contributed by atoms with E-state index in [4.69, 9.17) is 4.74 Å². The van der Waals surface area contributed by atoms with E-state index < -0.39 is 17.6 Å². The Hall–Kier alpha value is -3.61. The number of hydrazine groups is 1. The first-order chi connectivity index (χ1) is 16.9. The lowest BCUT2D eigenvalue weighted by Gasteiger charge is -2.44. The van der Waals surface area contributed by atoms with Crippen LogP contribution in [0.1, 0.15) is 68.9 Å². The number of nitrogens with one attached hydrogen (secondary N) is 2. The van der Waals surface area contributed by atoms with Gasteiger partial charge in [-0.15, -0.1) is 0 Å². The second-order valence-corrected chi connectivity index (χ2v) is 10.5. The summed E-state index contributed by atoms with van der Waals surface area (Å²) >= 11 is 0. The van der Waals surface area contributed by atoms with E-state index in [0.29, 0.717) is 6.61 Å². The lowest BCUT2D eigenvalue weighted by atomic mass is 9.61. The summed E-state index contributed by atoms with van der Waals surface area (Å²) in [6.45, 7) is 11.1. The van der Waals surface area contributed by atoms with E-state index in [1.807, 2.05) is 13.0 Å². The average molecular weight is 495 g/mol. The zero-order chi connectivity index (χ0) is 26.3. The third-order valence-corrected chi connectivity index (χ3v) is 7.01. The summed E-state index contributed by atoms with van der Waals surface area (Å²) in [5.74, 6) is -1.38. The predicted molar refractivity (Wildman–Crippen MR) is 139 cm³/mol. The minimum absolute atomic E-state index is 0.0160. The van der Waals surface area contributed by atoms with Crippen LogP contribution < -0.4 is 15.6 Å². The molecule has 0 atom stereocenters. The number of carboxylic acids is 1. The first-order valence-electron chi connectivity index (χ1n) is 12.1. The van der Waals surface area contributed by atoms with Gasteiger partial charge in [0.25, 0.3) is 0 Å². The molecule has 0 amide bonds. The highest BCUT2D eigenvalue weighted by Crippen LogP contribution is 2.54. The summed E-state index contributed by atoms with van der Waals surface area (Å²) in [4.78, 5) is 11.4. The molecule has 0 saturated carbocycles. The number of benzene rings is 3. The SMILES string of the molecule is CCOc1cc(-c2ccc(C(=O)O)cc2)c(NNc2cc(F)ccc2F)c2c1C(C)(C)CCC2(C)C. The van der Waals surface area contributed by atoms with E-state index in [-0.39, 0.29) is 22.1 Å². The number of anilines is 2. The quantitative estimate of drug-likeness (QED) is 0.296. The fraction of sp³-hybridized carbons (Fsp3) is 0.345. The number of rotatable bonds is 7. The van der Waals surface area contributed by atoms with Gasteiger partial charge in [-0.25, -0.2) is 13.6 Å². The van der Waals surface area contributed by atoms with Gasteiger partial charge in [0.1, 0.15) is 17.4 Å². The van der Waals surface area contributed by atoms with Crippen LogP contribution >= 0.6 is 0 Å². The van der Waals surface area contributed by atoms with Crippen molar-refractivity contribution < 1.29 is 23.4 Å². The molecule has 190 valence electrons. The van der Waals surface area contributed by atoms with Gasteiger partial charge >= 0.3 is 5.97 Å². The van der Waals surface area contributed by atoms with Crippen molar-refractivity contribution in [2.24, 2.45) is 0 Å². The van der Waals surface area contributed by atoms with E-state index in [1.54, 1.807) is 24.3 Å². The Balaban J connectivity index is 1.97. The summed E-state index contributed by atoms with van der Waals surface area (Å²) in [5, 5.41) is 9.35. The highest BCUT2D eigenvalue weighted by atomic mass is 19.1. The predicted octanol–water partition coefficient (Wildman–Crippen LogP) is 7.52. The van der Waals surface area contributed by atoms with Gasteiger partial charge in [0, 0.05) is 17.2 Å². The largest absolute Gasteiger partial charge is 0.494 e. The molecule has 3 aromatic carbocycles. The number of carbonyl (C=O) groups is 1. The van der Waals surface area contributed by atoms with Crippen LogP contribution in [0.15, 0.2) is 48.5 Å². The van der Waals surface area contributed by atoms with Crippen LogP contribution in [0.2, 0.25) is 0 Å². The van der Waals surface area contributed by atoms with E-state index in [0.717, 1.165) is 64.7 Å². The van der Waals surface area contributed by atoms with Crippen LogP contribution in [0, 0.1) is 11.6 Å². The van der Waals surface area contributed by atoms with Gasteiger partial charge in [0.15, 0.2) is 0 Å². The fourth-order valence-corrected chi connectivity index (χ4v) is 5.02. The Morgan fingerprint density at radius 3 is 2.19 bits per heavy atom. The minimum atomic E-state index is -1.01. The number of hydrogen-bond donors (Lipinski definition) is 3. The summed E-state index contributed by atoms with van der Waals surface area (Å²) in [6.07, 6.45) is 1.88. The van der Waals surface area contributed by atoms with Crippen molar-refractivity contribution in [1.29, 1.82) is 0 Å². The standard InChI is InChI=1S/C29H32F2N2O3/c1-6-36-23-16-20(17-7-9-18(10-8-17)27(34)35)26(33-32-22-15-19(30)11-12-21(22)31)25-24(23)28(2,3)13-14-29(25,4)5/h7-12,15-16,32-33H,6,13-14H2,1-5H3,(H,34,35). The smallest absolute Gasteiger partial charge is 0.335 e. The molecule has 0 bridgehead atoms. The fourth-order valence-electron chi connectivity index (χ4n) is 5.02. The Morgan fingerprint density at radius 1 is 0.944 bits per heavy atom. The summed E-state index contributed by atoms with van der Waals surface area (Å²) in [6, 6.07) is 11.8. The Morgan fingerprint density at radius 2 is 1.58 bits per heavy atom. The van der Waals surface area contributed by atoms with Crippen molar-refractivity contribution in [1.82, 2.24) is 0 Å². The summed E-state index contributed by atoms with van der Waals surface area (Å²) in [5.41, 5.74) is 10.2. The van der Waals surface area contributed by atoms with E-state index in [2.05, 4.69) is 38.5 Å². The lowest BCUT2D eigenvalue weighted by molar-refractivity contribution is 0.0697. The third kappa shape index (κ3) is 4.74. The molecular weight excluding hydrogens is 462 g/mol. The highest BCUT2D eigenvalue weighted by Gasteiger charge is 2.42. The molecule has 0 aliphatic heterocycles. The number of aromatic carboxylic acids is 1. The molecule has 5 nitrogen and oxygen atoms in total. The van der Waals surface area contributed by atoms with Crippen molar-refractivity contribution in [2.45, 2.75) is 58.3 Å². The average Bonchev–Trinajstić information content (AvgIpc) is 2.82. The number of halogens is 2. The monoisotopic (exact) mass is 494 g/mol. The van der Waals surface area contributed by atoms with Gasteiger partial charge in [-0.05, 0) is 72.1 Å². The highest BCUT2D eigenvalue weighted by molar-refractivity contribution is 5.90. The van der Waals surface area contributed by atoms with Crippen LogP contribution in [0.3, 0.4) is 0 Å². The topological polar surface area (TPSA) is 70.6 Å². The Bertz CT molecular complexity index is 1300. The minimum Gasteiger partial charge on any atom is -0.494 e. The van der Waals surface area contributed by atoms with Crippen LogP contribution in [0.25, 0.3) is 11.1 Å². The van der Waals surface area contributed by atoms with E-state index >= 15 is 0 Å². The van der Waals surface area contributed by atoms with Gasteiger partial charge < -0.3 is 9.84 Å². The number of ether oxygens (including phenoxy) is 1. The normalized spacial score (nSPS) is 15.6. The van der Waals surface area contributed by atoms with Crippen LogP contribution in [0.4, 0.5) is 20.2 Å². The van der Waals surface area contributed by atoms with Crippen molar-refractivity contribution in [3.63, 3.8) is 0 Å². The van der Waals surface area contributed by atoms with Crippen LogP contribution in [-0.2, 0) is 10.8 Å². The van der Waals surface area contributed by atoms with Gasteiger partial charge in [-0.2, -0.15) is 0 Å². The molecule has 4 rings (SSSR count). The third-order valence-electron chi connectivity index (χ3n) is 7.01. The number of carboxylic acid groups (broad SMARTS) is 1. The maximum Gasteiger partial charge on any atom is 0.335 e. The zero-order valence-electron chi connectivity index (χ0n) is 21.3. The first kappa shape index (κ1) is 25.5. The molecule has 36 heavy (non-hydrogen) atoms. The van der Waals surface area contributed by atoms with E-state index in [1.165, 1.54) is 0 Å². The molecule has 3 N–H and O–H groups in total. The number of hydrogen-bond acceptors (Lipinski definition) is 4. The first-order valence-corrected chi connectivity index (χ1v) is 12.1. The Labute approximate surface area is 210 Å². The van der Waals surface area contributed by atoms with Crippen LogP contribution in [-0.4, -0.2) is 17.7 Å². The zero-order valence-corrected chi connectivity index (χ0v) is 21.3. The molecule has 0 aromatic heterocycles. The van der Waals surface area contributed by atoms with E-state index in [9.17, 15) is 18.7 Å². The maximum absolute atomic E-state index is 14.4. The molecular formula is C29H32F2N2O3.